The van der Waals surface area contributed by atoms with E-state index < -0.39 is 0 Å². The van der Waals surface area contributed by atoms with Crippen molar-refractivity contribution < 1.29 is 0 Å². The molecule has 0 saturated heterocycles. The van der Waals surface area contributed by atoms with E-state index in [-0.39, 0.29) is 11.6 Å². The third-order valence-electron chi connectivity index (χ3n) is 3.39. The average molecular weight is 290 g/mol. The first kappa shape index (κ1) is 17.5. The van der Waals surface area contributed by atoms with Crippen LogP contribution in [0.25, 0.3) is 0 Å². The number of nitrogens with zero attached hydrogens (tertiary/aromatic N) is 1. The van der Waals surface area contributed by atoms with Crippen molar-refractivity contribution in [3.63, 3.8) is 0 Å². The van der Waals surface area contributed by atoms with Crippen LogP contribution in [0.15, 0.2) is 35.3 Å². The van der Waals surface area contributed by atoms with Crippen LogP contribution >= 0.6 is 0 Å². The lowest BCUT2D eigenvalue weighted by Gasteiger charge is -2.29. The lowest BCUT2D eigenvalue weighted by atomic mass is 10.0. The van der Waals surface area contributed by atoms with Crippen molar-refractivity contribution in [3.05, 3.63) is 35.9 Å². The van der Waals surface area contributed by atoms with Crippen molar-refractivity contribution in [1.29, 1.82) is 0 Å². The van der Waals surface area contributed by atoms with E-state index in [9.17, 15) is 0 Å². The lowest BCUT2D eigenvalue weighted by molar-refractivity contribution is 0.357. The van der Waals surface area contributed by atoms with Gasteiger partial charge >= 0.3 is 0 Å². The molecule has 0 saturated carbocycles. The standard InChI is InChI=1S/C17H30N4/c1-5-6-12-19-16(18)20-13-17(3,4)21-14(2)15-10-8-7-9-11-15/h7-11,14,21H,5-6,12-13H2,1-4H3,(H3,18,19,20). The van der Waals surface area contributed by atoms with Crippen molar-refractivity contribution in [2.45, 2.75) is 52.1 Å². The Morgan fingerprint density at radius 3 is 2.57 bits per heavy atom. The summed E-state index contributed by atoms with van der Waals surface area (Å²) in [5.41, 5.74) is 7.05. The van der Waals surface area contributed by atoms with Crippen molar-refractivity contribution >= 4 is 5.96 Å². The quantitative estimate of drug-likeness (QED) is 0.392. The van der Waals surface area contributed by atoms with Crippen molar-refractivity contribution in [2.24, 2.45) is 10.7 Å². The van der Waals surface area contributed by atoms with Gasteiger partial charge in [0.15, 0.2) is 5.96 Å². The minimum Gasteiger partial charge on any atom is -0.370 e. The summed E-state index contributed by atoms with van der Waals surface area (Å²) in [5, 5.41) is 6.75. The topological polar surface area (TPSA) is 62.4 Å². The van der Waals surface area contributed by atoms with Gasteiger partial charge in [0, 0.05) is 18.1 Å². The minimum atomic E-state index is -0.105. The number of rotatable bonds is 8. The summed E-state index contributed by atoms with van der Waals surface area (Å²) in [4.78, 5) is 4.44. The second-order valence-electron chi connectivity index (χ2n) is 6.14. The number of hydrogen-bond acceptors (Lipinski definition) is 2. The van der Waals surface area contributed by atoms with Gasteiger partial charge in [0.05, 0.1) is 6.54 Å². The Bertz CT molecular complexity index is 426. The Hall–Kier alpha value is -1.55. The fourth-order valence-electron chi connectivity index (χ4n) is 2.19. The summed E-state index contributed by atoms with van der Waals surface area (Å²) in [5.74, 6) is 0.533. The minimum absolute atomic E-state index is 0.105. The summed E-state index contributed by atoms with van der Waals surface area (Å²) in [7, 11) is 0. The van der Waals surface area contributed by atoms with Gasteiger partial charge in [-0.3, -0.25) is 4.99 Å². The van der Waals surface area contributed by atoms with E-state index in [2.05, 4.69) is 67.6 Å². The highest BCUT2D eigenvalue weighted by atomic mass is 15.1. The summed E-state index contributed by atoms with van der Waals surface area (Å²) in [6.07, 6.45) is 2.27. The molecule has 0 fully saturated rings. The van der Waals surface area contributed by atoms with E-state index in [1.54, 1.807) is 0 Å². The second-order valence-corrected chi connectivity index (χ2v) is 6.14. The molecule has 118 valence electrons. The molecule has 1 aromatic carbocycles. The molecule has 1 atom stereocenters. The van der Waals surface area contributed by atoms with Crippen LogP contribution in [-0.4, -0.2) is 24.6 Å². The van der Waals surface area contributed by atoms with Crippen molar-refractivity contribution in [3.8, 4) is 0 Å². The highest BCUT2D eigenvalue weighted by Gasteiger charge is 2.20. The van der Waals surface area contributed by atoms with Crippen LogP contribution in [-0.2, 0) is 0 Å². The first-order valence-corrected chi connectivity index (χ1v) is 7.81. The number of unbranched alkanes of at least 4 members (excludes halogenated alkanes) is 1. The van der Waals surface area contributed by atoms with Crippen LogP contribution in [0.4, 0.5) is 0 Å². The predicted molar refractivity (Wildman–Crippen MR) is 91.5 cm³/mol. The van der Waals surface area contributed by atoms with Gasteiger partial charge in [-0.15, -0.1) is 0 Å². The molecule has 0 heterocycles. The average Bonchev–Trinajstić information content (AvgIpc) is 2.46. The fraction of sp³-hybridized carbons (Fsp3) is 0.588. The molecule has 0 bridgehead atoms. The molecule has 4 heteroatoms. The predicted octanol–water partition coefficient (Wildman–Crippen LogP) is 2.82. The Balaban J connectivity index is 2.47. The fourth-order valence-corrected chi connectivity index (χ4v) is 2.19. The Morgan fingerprint density at radius 1 is 1.29 bits per heavy atom. The maximum atomic E-state index is 5.87. The smallest absolute Gasteiger partial charge is 0.188 e. The number of nitrogens with one attached hydrogen (secondary N) is 2. The first-order valence-electron chi connectivity index (χ1n) is 7.81. The molecule has 4 N–H and O–H groups in total. The van der Waals surface area contributed by atoms with E-state index in [4.69, 9.17) is 5.73 Å². The van der Waals surface area contributed by atoms with Gasteiger partial charge in [-0.05, 0) is 32.8 Å². The molecule has 0 aliphatic heterocycles. The summed E-state index contributed by atoms with van der Waals surface area (Å²) < 4.78 is 0. The van der Waals surface area contributed by atoms with Gasteiger partial charge in [0.1, 0.15) is 0 Å². The molecule has 0 radical (unpaired) electrons. The van der Waals surface area contributed by atoms with Crippen LogP contribution in [0.1, 0.15) is 52.1 Å². The largest absolute Gasteiger partial charge is 0.370 e. The highest BCUT2D eigenvalue weighted by Crippen LogP contribution is 2.16. The van der Waals surface area contributed by atoms with Gasteiger partial charge in [-0.2, -0.15) is 0 Å². The Labute approximate surface area is 129 Å². The van der Waals surface area contributed by atoms with E-state index in [1.165, 1.54) is 5.56 Å². The van der Waals surface area contributed by atoms with Gasteiger partial charge < -0.3 is 16.4 Å². The monoisotopic (exact) mass is 290 g/mol. The van der Waals surface area contributed by atoms with Crippen LogP contribution in [0.3, 0.4) is 0 Å². The summed E-state index contributed by atoms with van der Waals surface area (Å²) >= 11 is 0. The molecule has 1 unspecified atom stereocenters. The molecular weight excluding hydrogens is 260 g/mol. The molecule has 0 amide bonds. The van der Waals surface area contributed by atoms with Gasteiger partial charge in [0.2, 0.25) is 0 Å². The zero-order chi connectivity index (χ0) is 15.7. The molecule has 0 aliphatic rings. The number of aliphatic imine (C=N–C) groups is 1. The molecule has 4 nitrogen and oxygen atoms in total. The van der Waals surface area contributed by atoms with Crippen LogP contribution in [0.2, 0.25) is 0 Å². The van der Waals surface area contributed by atoms with Crippen molar-refractivity contribution in [1.82, 2.24) is 10.6 Å². The van der Waals surface area contributed by atoms with Crippen LogP contribution in [0, 0.1) is 0 Å². The van der Waals surface area contributed by atoms with E-state index in [1.807, 2.05) is 6.07 Å². The second kappa shape index (κ2) is 8.67. The normalized spacial score (nSPS) is 14.0. The summed E-state index contributed by atoms with van der Waals surface area (Å²) in [6, 6.07) is 10.7. The number of nitrogens with two attached hydrogens (primary N) is 1. The van der Waals surface area contributed by atoms with E-state index in [0.717, 1.165) is 19.4 Å². The highest BCUT2D eigenvalue weighted by molar-refractivity contribution is 5.77. The molecule has 0 spiro atoms. The van der Waals surface area contributed by atoms with Gasteiger partial charge in [-0.25, -0.2) is 0 Å². The van der Waals surface area contributed by atoms with Gasteiger partial charge in [-0.1, -0.05) is 43.7 Å². The maximum absolute atomic E-state index is 5.87. The number of hydrogen-bond donors (Lipinski definition) is 3. The number of benzene rings is 1. The third-order valence-corrected chi connectivity index (χ3v) is 3.39. The molecular formula is C17H30N4. The van der Waals surface area contributed by atoms with E-state index >= 15 is 0 Å². The first-order chi connectivity index (χ1) is 9.94. The van der Waals surface area contributed by atoms with Crippen molar-refractivity contribution in [2.75, 3.05) is 13.1 Å². The SMILES string of the molecule is CCCCNC(N)=NCC(C)(C)NC(C)c1ccccc1. The Morgan fingerprint density at radius 2 is 1.95 bits per heavy atom. The molecule has 1 aromatic rings. The molecule has 0 aliphatic carbocycles. The van der Waals surface area contributed by atoms with Gasteiger partial charge in [0.25, 0.3) is 0 Å². The number of guanidine groups is 1. The maximum Gasteiger partial charge on any atom is 0.188 e. The molecule has 21 heavy (non-hydrogen) atoms. The Kier molecular flexibility index (Phi) is 7.23. The molecule has 0 aromatic heterocycles. The third kappa shape index (κ3) is 7.14. The zero-order valence-corrected chi connectivity index (χ0v) is 13.8. The zero-order valence-electron chi connectivity index (χ0n) is 13.8. The lowest BCUT2D eigenvalue weighted by Crippen LogP contribution is -2.44. The van der Waals surface area contributed by atoms with Crippen LogP contribution in [0.5, 0.6) is 0 Å². The van der Waals surface area contributed by atoms with E-state index in [0.29, 0.717) is 12.5 Å². The van der Waals surface area contributed by atoms with Crippen LogP contribution < -0.4 is 16.4 Å². The summed E-state index contributed by atoms with van der Waals surface area (Å²) in [6.45, 7) is 10.2. The molecule has 1 rings (SSSR count).